The van der Waals surface area contributed by atoms with Gasteiger partial charge in [-0.2, -0.15) is 0 Å². The van der Waals surface area contributed by atoms with Gasteiger partial charge in [0, 0.05) is 0 Å². The predicted molar refractivity (Wildman–Crippen MR) is 43.9 cm³/mol. The first-order valence-corrected chi connectivity index (χ1v) is 3.29. The number of aliphatic hydroxyl groups excluding tert-OH is 2. The molecule has 0 saturated heterocycles. The second-order valence-corrected chi connectivity index (χ2v) is 1.66. The van der Waals surface area contributed by atoms with Gasteiger partial charge in [0.15, 0.2) is 0 Å². The molecule has 0 fully saturated rings. The molecule has 0 aromatic rings. The molecule has 0 unspecified atom stereocenters. The number of aliphatic hydroxyl groups is 3. The lowest BCUT2D eigenvalue weighted by Gasteiger charge is -1.80. The van der Waals surface area contributed by atoms with Gasteiger partial charge in [-0.1, -0.05) is 0 Å². The van der Waals surface area contributed by atoms with Crippen molar-refractivity contribution >= 4 is 17.9 Å². The lowest BCUT2D eigenvalue weighted by atomic mass is 10.5. The summed E-state index contributed by atoms with van der Waals surface area (Å²) >= 11 is 0. The van der Waals surface area contributed by atoms with Crippen molar-refractivity contribution in [3.05, 3.63) is 0 Å². The molecule has 9 heteroatoms. The van der Waals surface area contributed by atoms with Crippen LogP contribution in [0.2, 0.25) is 0 Å². The van der Waals surface area contributed by atoms with E-state index in [-0.39, 0.29) is 0 Å². The molecular formula is C6H12O9. The number of rotatable bonds is 3. The van der Waals surface area contributed by atoms with E-state index < -0.39 is 37.7 Å². The van der Waals surface area contributed by atoms with E-state index in [1.165, 1.54) is 0 Å². The van der Waals surface area contributed by atoms with Crippen molar-refractivity contribution in [1.82, 2.24) is 0 Å². The van der Waals surface area contributed by atoms with Crippen molar-refractivity contribution < 1.29 is 45.0 Å². The van der Waals surface area contributed by atoms with E-state index in [1.807, 2.05) is 0 Å². The Morgan fingerprint density at radius 2 is 0.933 bits per heavy atom. The molecule has 0 aromatic heterocycles. The number of carboxylic acids is 3. The SMILES string of the molecule is O=C(O)CC(=O)O.O=C(O)CO.OCO. The Bertz CT molecular complexity index is 175. The van der Waals surface area contributed by atoms with Gasteiger partial charge >= 0.3 is 17.9 Å². The molecule has 6 N–H and O–H groups in total. The van der Waals surface area contributed by atoms with Gasteiger partial charge < -0.3 is 30.6 Å². The summed E-state index contributed by atoms with van der Waals surface area (Å²) in [5.74, 6) is -3.81. The Kier molecular flexibility index (Phi) is 18.7. The van der Waals surface area contributed by atoms with Gasteiger partial charge in [-0.05, 0) is 0 Å². The van der Waals surface area contributed by atoms with Gasteiger partial charge in [0.25, 0.3) is 0 Å². The Labute approximate surface area is 83.8 Å². The first-order chi connectivity index (χ1) is 6.81. The second-order valence-electron chi connectivity index (χ2n) is 1.66. The monoisotopic (exact) mass is 228 g/mol. The smallest absolute Gasteiger partial charge is 0.329 e. The van der Waals surface area contributed by atoms with Crippen molar-refractivity contribution in [1.29, 1.82) is 0 Å². The number of carboxylic acid groups (broad SMARTS) is 3. The minimum Gasteiger partial charge on any atom is -0.481 e. The quantitative estimate of drug-likeness (QED) is 0.226. The van der Waals surface area contributed by atoms with Gasteiger partial charge in [0.2, 0.25) is 0 Å². The lowest BCUT2D eigenvalue weighted by molar-refractivity contribution is -0.147. The van der Waals surface area contributed by atoms with Gasteiger partial charge in [-0.3, -0.25) is 9.59 Å². The van der Waals surface area contributed by atoms with Crippen LogP contribution < -0.4 is 0 Å². The minimum absolute atomic E-state index is 0.750. The zero-order valence-corrected chi connectivity index (χ0v) is 7.53. The molecule has 15 heavy (non-hydrogen) atoms. The standard InChI is InChI=1S/C3H4O4.C2H4O3.CH4O2/c4-2(5)1-3(6)7;3-1-2(4)5;2-1-3/h1H2,(H,4,5)(H,6,7);3H,1H2,(H,4,5);2-3H,1H2. The predicted octanol–water partition coefficient (Wildman–Crippen LogP) is -2.46. The first kappa shape index (κ1) is 19.0. The number of carbonyl (C=O) groups is 3. The topological polar surface area (TPSA) is 173 Å². The molecular weight excluding hydrogens is 216 g/mol. The molecule has 9 nitrogen and oxygen atoms in total. The summed E-state index contributed by atoms with van der Waals surface area (Å²) in [6, 6.07) is 0. The number of hydrogen-bond acceptors (Lipinski definition) is 6. The maximum absolute atomic E-state index is 9.43. The van der Waals surface area contributed by atoms with E-state index in [2.05, 4.69) is 0 Å². The molecule has 0 aliphatic carbocycles. The molecule has 0 aliphatic rings. The molecule has 0 spiro atoms. The zero-order chi connectivity index (χ0) is 12.9. The average molecular weight is 228 g/mol. The average Bonchev–Trinajstić information content (AvgIpc) is 2.04. The molecule has 0 amide bonds. The van der Waals surface area contributed by atoms with Crippen LogP contribution in [-0.2, 0) is 14.4 Å². The normalized spacial score (nSPS) is 7.40. The van der Waals surface area contributed by atoms with Crippen molar-refractivity contribution in [2.75, 3.05) is 13.4 Å². The maximum atomic E-state index is 9.43. The number of hydrogen-bond donors (Lipinski definition) is 6. The summed E-state index contributed by atoms with van der Waals surface area (Å²) in [6.07, 6.45) is -0.806. The summed E-state index contributed by atoms with van der Waals surface area (Å²) in [6.45, 7) is -1.53. The lowest BCUT2D eigenvalue weighted by Crippen LogP contribution is -2.03. The van der Waals surface area contributed by atoms with E-state index in [1.54, 1.807) is 0 Å². The number of aliphatic carboxylic acids is 3. The summed E-state index contributed by atoms with van der Waals surface area (Å²) in [7, 11) is 0. The molecule has 90 valence electrons. The summed E-state index contributed by atoms with van der Waals surface area (Å²) in [4.78, 5) is 28.0. The van der Waals surface area contributed by atoms with E-state index in [0.29, 0.717) is 0 Å². The molecule has 0 radical (unpaired) electrons. The maximum Gasteiger partial charge on any atom is 0.329 e. The summed E-state index contributed by atoms with van der Waals surface area (Å²) in [5.41, 5.74) is 0. The van der Waals surface area contributed by atoms with Crippen LogP contribution in [0.4, 0.5) is 0 Å². The van der Waals surface area contributed by atoms with E-state index in [9.17, 15) is 9.59 Å². The third-order valence-corrected chi connectivity index (χ3v) is 0.438. The van der Waals surface area contributed by atoms with Crippen LogP contribution in [0.15, 0.2) is 0 Å². The molecule has 0 heterocycles. The van der Waals surface area contributed by atoms with Crippen molar-refractivity contribution in [3.8, 4) is 0 Å². The Morgan fingerprint density at radius 3 is 0.933 bits per heavy atom. The molecule has 0 bridgehead atoms. The highest BCUT2D eigenvalue weighted by molar-refractivity contribution is 5.88. The zero-order valence-electron chi connectivity index (χ0n) is 7.53. The highest BCUT2D eigenvalue weighted by Crippen LogP contribution is 1.74. The van der Waals surface area contributed by atoms with Crippen LogP contribution in [0.3, 0.4) is 0 Å². The fourth-order valence-electron chi connectivity index (χ4n) is 0.129. The fraction of sp³-hybridized carbons (Fsp3) is 0.500. The molecule has 0 aromatic carbocycles. The minimum atomic E-state index is -1.31. The van der Waals surface area contributed by atoms with Crippen LogP contribution in [0, 0.1) is 0 Å². The third kappa shape index (κ3) is 70.7. The first-order valence-electron chi connectivity index (χ1n) is 3.29. The second kappa shape index (κ2) is 14.8. The van der Waals surface area contributed by atoms with Crippen LogP contribution in [-0.4, -0.2) is 61.9 Å². The molecule has 0 saturated carbocycles. The van der Waals surface area contributed by atoms with Crippen LogP contribution in [0.25, 0.3) is 0 Å². The van der Waals surface area contributed by atoms with Gasteiger partial charge in [-0.15, -0.1) is 0 Å². The van der Waals surface area contributed by atoms with Crippen molar-refractivity contribution in [3.63, 3.8) is 0 Å². The van der Waals surface area contributed by atoms with E-state index >= 15 is 0 Å². The van der Waals surface area contributed by atoms with Crippen molar-refractivity contribution in [2.45, 2.75) is 6.42 Å². The van der Waals surface area contributed by atoms with Crippen molar-refractivity contribution in [2.24, 2.45) is 0 Å². The summed E-state index contributed by atoms with van der Waals surface area (Å²) < 4.78 is 0. The van der Waals surface area contributed by atoms with E-state index in [0.717, 1.165) is 0 Å². The Hall–Kier alpha value is -1.71. The molecule has 0 rings (SSSR count). The van der Waals surface area contributed by atoms with Gasteiger partial charge in [-0.25, -0.2) is 4.79 Å². The highest BCUT2D eigenvalue weighted by atomic mass is 16.5. The summed E-state index contributed by atoms with van der Waals surface area (Å²) in [5, 5.41) is 44.7. The van der Waals surface area contributed by atoms with Gasteiger partial charge in [0.05, 0.1) is 0 Å². The third-order valence-electron chi connectivity index (χ3n) is 0.438. The molecule has 0 atom stereocenters. The van der Waals surface area contributed by atoms with Crippen LogP contribution in [0.5, 0.6) is 0 Å². The fourth-order valence-corrected chi connectivity index (χ4v) is 0.129. The molecule has 0 aliphatic heterocycles. The Balaban J connectivity index is -0.000000158. The Morgan fingerprint density at radius 1 is 0.733 bits per heavy atom. The van der Waals surface area contributed by atoms with Crippen LogP contribution >= 0.6 is 0 Å². The van der Waals surface area contributed by atoms with E-state index in [4.69, 9.17) is 35.4 Å². The van der Waals surface area contributed by atoms with Gasteiger partial charge in [0.1, 0.15) is 19.8 Å². The largest absolute Gasteiger partial charge is 0.481 e. The highest BCUT2D eigenvalue weighted by Gasteiger charge is 2.01. The van der Waals surface area contributed by atoms with Crippen LogP contribution in [0.1, 0.15) is 6.42 Å².